The number of hydrogen-bond donors (Lipinski definition) is 0. The molecule has 0 amide bonds. The number of benzene rings is 1. The van der Waals surface area contributed by atoms with Crippen molar-refractivity contribution in [1.29, 1.82) is 0 Å². The lowest BCUT2D eigenvalue weighted by Gasteiger charge is -2.05. The SMILES string of the molecule is CCOC(=O)CCC(=O)OCCc1ccccc1F. The summed E-state index contributed by atoms with van der Waals surface area (Å²) in [5, 5.41) is 0. The zero-order valence-electron chi connectivity index (χ0n) is 10.9. The maximum Gasteiger partial charge on any atom is 0.306 e. The molecular weight excluding hydrogens is 251 g/mol. The van der Waals surface area contributed by atoms with Crippen LogP contribution >= 0.6 is 0 Å². The molecule has 0 aliphatic carbocycles. The lowest BCUT2D eigenvalue weighted by Crippen LogP contribution is -2.12. The summed E-state index contributed by atoms with van der Waals surface area (Å²) in [6.45, 7) is 2.09. The minimum atomic E-state index is -0.482. The molecule has 0 spiro atoms. The Bertz CT molecular complexity index is 431. The van der Waals surface area contributed by atoms with Crippen LogP contribution in [0.5, 0.6) is 0 Å². The highest BCUT2D eigenvalue weighted by Gasteiger charge is 2.09. The second-order valence-electron chi connectivity index (χ2n) is 3.87. The Morgan fingerprint density at radius 2 is 1.74 bits per heavy atom. The normalized spacial score (nSPS) is 10.0. The number of carbonyl (C=O) groups excluding carboxylic acids is 2. The van der Waals surface area contributed by atoms with Gasteiger partial charge in [-0.15, -0.1) is 0 Å². The van der Waals surface area contributed by atoms with Gasteiger partial charge in [-0.3, -0.25) is 9.59 Å². The Morgan fingerprint density at radius 3 is 2.37 bits per heavy atom. The van der Waals surface area contributed by atoms with Crippen LogP contribution in [0.3, 0.4) is 0 Å². The van der Waals surface area contributed by atoms with Crippen LogP contribution < -0.4 is 0 Å². The highest BCUT2D eigenvalue weighted by atomic mass is 19.1. The van der Waals surface area contributed by atoms with Crippen molar-refractivity contribution in [2.45, 2.75) is 26.2 Å². The number of rotatable bonds is 7. The summed E-state index contributed by atoms with van der Waals surface area (Å²) in [7, 11) is 0. The Labute approximate surface area is 111 Å². The molecule has 0 heterocycles. The molecular formula is C14H17FO4. The first-order chi connectivity index (χ1) is 9.13. The van der Waals surface area contributed by atoms with Crippen molar-refractivity contribution in [3.05, 3.63) is 35.6 Å². The Kier molecular flexibility index (Phi) is 6.57. The van der Waals surface area contributed by atoms with Gasteiger partial charge in [-0.2, -0.15) is 0 Å². The molecule has 0 bridgehead atoms. The second-order valence-corrected chi connectivity index (χ2v) is 3.87. The van der Waals surface area contributed by atoms with Crippen molar-refractivity contribution >= 4 is 11.9 Å². The van der Waals surface area contributed by atoms with Crippen molar-refractivity contribution in [2.24, 2.45) is 0 Å². The van der Waals surface area contributed by atoms with Crippen LogP contribution in [0.2, 0.25) is 0 Å². The zero-order chi connectivity index (χ0) is 14.1. The van der Waals surface area contributed by atoms with Crippen molar-refractivity contribution in [3.63, 3.8) is 0 Å². The number of carbonyl (C=O) groups is 2. The van der Waals surface area contributed by atoms with Crippen LogP contribution in [0.25, 0.3) is 0 Å². The van der Waals surface area contributed by atoms with Crippen molar-refractivity contribution in [1.82, 2.24) is 0 Å². The molecule has 0 fully saturated rings. The average Bonchev–Trinajstić information content (AvgIpc) is 2.39. The topological polar surface area (TPSA) is 52.6 Å². The van der Waals surface area contributed by atoms with Crippen molar-refractivity contribution in [3.8, 4) is 0 Å². The monoisotopic (exact) mass is 268 g/mol. The number of esters is 2. The lowest BCUT2D eigenvalue weighted by atomic mass is 10.1. The first kappa shape index (κ1) is 15.1. The number of halogens is 1. The number of hydrogen-bond acceptors (Lipinski definition) is 4. The van der Waals surface area contributed by atoms with Crippen LogP contribution in [0.1, 0.15) is 25.3 Å². The molecule has 1 rings (SSSR count). The highest BCUT2D eigenvalue weighted by molar-refractivity contribution is 5.77. The zero-order valence-corrected chi connectivity index (χ0v) is 10.9. The molecule has 0 N–H and O–H groups in total. The van der Waals surface area contributed by atoms with Gasteiger partial charge in [0.15, 0.2) is 0 Å². The maximum atomic E-state index is 13.3. The van der Waals surface area contributed by atoms with Crippen LogP contribution in [0, 0.1) is 5.82 Å². The molecule has 19 heavy (non-hydrogen) atoms. The molecule has 5 heteroatoms. The summed E-state index contributed by atoms with van der Waals surface area (Å²) < 4.78 is 22.9. The van der Waals surface area contributed by atoms with Crippen LogP contribution in [-0.2, 0) is 25.5 Å². The first-order valence-corrected chi connectivity index (χ1v) is 6.18. The van der Waals surface area contributed by atoms with E-state index in [9.17, 15) is 14.0 Å². The lowest BCUT2D eigenvalue weighted by molar-refractivity contribution is -0.150. The van der Waals surface area contributed by atoms with E-state index in [0.29, 0.717) is 18.6 Å². The quantitative estimate of drug-likeness (QED) is 0.712. The Balaban J connectivity index is 2.21. The van der Waals surface area contributed by atoms with Gasteiger partial charge in [0.25, 0.3) is 0 Å². The van der Waals surface area contributed by atoms with Gasteiger partial charge in [0.1, 0.15) is 5.82 Å². The molecule has 1 aromatic carbocycles. The first-order valence-electron chi connectivity index (χ1n) is 6.18. The molecule has 0 saturated carbocycles. The average molecular weight is 268 g/mol. The summed E-state index contributed by atoms with van der Waals surface area (Å²) in [4.78, 5) is 22.3. The summed E-state index contributed by atoms with van der Waals surface area (Å²) in [6, 6.07) is 6.32. The van der Waals surface area contributed by atoms with Gasteiger partial charge < -0.3 is 9.47 Å². The molecule has 0 aromatic heterocycles. The van der Waals surface area contributed by atoms with Gasteiger partial charge >= 0.3 is 11.9 Å². The van der Waals surface area contributed by atoms with E-state index in [1.54, 1.807) is 25.1 Å². The van der Waals surface area contributed by atoms with E-state index < -0.39 is 11.9 Å². The third-order valence-corrected chi connectivity index (χ3v) is 2.43. The van der Waals surface area contributed by atoms with Crippen LogP contribution in [0.15, 0.2) is 24.3 Å². The van der Waals surface area contributed by atoms with Crippen LogP contribution in [0.4, 0.5) is 4.39 Å². The van der Waals surface area contributed by atoms with E-state index in [2.05, 4.69) is 4.74 Å². The van der Waals surface area contributed by atoms with Gasteiger partial charge in [-0.1, -0.05) is 18.2 Å². The fourth-order valence-corrected chi connectivity index (χ4v) is 1.49. The van der Waals surface area contributed by atoms with Gasteiger partial charge in [0.05, 0.1) is 26.1 Å². The fraction of sp³-hybridized carbons (Fsp3) is 0.429. The van der Waals surface area contributed by atoms with E-state index in [1.165, 1.54) is 6.07 Å². The third-order valence-electron chi connectivity index (χ3n) is 2.43. The molecule has 0 aliphatic heterocycles. The largest absolute Gasteiger partial charge is 0.466 e. The summed E-state index contributed by atoms with van der Waals surface area (Å²) in [6.07, 6.45) is 0.306. The molecule has 4 nitrogen and oxygen atoms in total. The maximum absolute atomic E-state index is 13.3. The van der Waals surface area contributed by atoms with Crippen LogP contribution in [-0.4, -0.2) is 25.2 Å². The molecule has 0 saturated heterocycles. The predicted molar refractivity (Wildman–Crippen MR) is 66.9 cm³/mol. The molecule has 1 aromatic rings. The fourth-order valence-electron chi connectivity index (χ4n) is 1.49. The van der Waals surface area contributed by atoms with E-state index in [0.717, 1.165) is 0 Å². The second kappa shape index (κ2) is 8.24. The van der Waals surface area contributed by atoms with Crippen molar-refractivity contribution in [2.75, 3.05) is 13.2 Å². The smallest absolute Gasteiger partial charge is 0.306 e. The van der Waals surface area contributed by atoms with Gasteiger partial charge in [-0.25, -0.2) is 4.39 Å². The molecule has 0 unspecified atom stereocenters. The van der Waals surface area contributed by atoms with Gasteiger partial charge in [-0.05, 0) is 18.6 Å². The Hall–Kier alpha value is -1.91. The highest BCUT2D eigenvalue weighted by Crippen LogP contribution is 2.07. The third kappa shape index (κ3) is 5.99. The minimum Gasteiger partial charge on any atom is -0.466 e. The van der Waals surface area contributed by atoms with E-state index in [4.69, 9.17) is 4.74 Å². The molecule has 0 aliphatic rings. The summed E-state index contributed by atoms with van der Waals surface area (Å²) in [5.74, 6) is -1.22. The van der Waals surface area contributed by atoms with E-state index >= 15 is 0 Å². The predicted octanol–water partition coefficient (Wildman–Crippen LogP) is 2.25. The van der Waals surface area contributed by atoms with Crippen molar-refractivity contribution < 1.29 is 23.5 Å². The minimum absolute atomic E-state index is 0.00632. The molecule has 0 radical (unpaired) electrons. The number of ether oxygens (including phenoxy) is 2. The van der Waals surface area contributed by atoms with E-state index in [-0.39, 0.29) is 25.3 Å². The Morgan fingerprint density at radius 1 is 1.11 bits per heavy atom. The summed E-state index contributed by atoms with van der Waals surface area (Å²) in [5.41, 5.74) is 0.501. The summed E-state index contributed by atoms with van der Waals surface area (Å²) >= 11 is 0. The molecule has 0 atom stereocenters. The molecule has 104 valence electrons. The standard InChI is InChI=1S/C14H17FO4/c1-2-18-13(16)7-8-14(17)19-10-9-11-5-3-4-6-12(11)15/h3-6H,2,7-10H2,1H3. The van der Waals surface area contributed by atoms with Gasteiger partial charge in [0.2, 0.25) is 0 Å². The van der Waals surface area contributed by atoms with Gasteiger partial charge in [0, 0.05) is 6.42 Å². The van der Waals surface area contributed by atoms with E-state index in [1.807, 2.05) is 0 Å².